The molecule has 0 saturated carbocycles. The van der Waals surface area contributed by atoms with Gasteiger partial charge in [0, 0.05) is 12.1 Å². The van der Waals surface area contributed by atoms with Crippen LogP contribution >= 0.6 is 0 Å². The van der Waals surface area contributed by atoms with Crippen LogP contribution in [-0.4, -0.2) is 31.0 Å². The van der Waals surface area contributed by atoms with Gasteiger partial charge < -0.3 is 9.64 Å². The maximum absolute atomic E-state index is 12.0. The Hall–Kier alpha value is -1.55. The molecule has 1 saturated heterocycles. The Bertz CT molecular complexity index is 434. The summed E-state index contributed by atoms with van der Waals surface area (Å²) in [6.07, 6.45) is 3.31. The van der Waals surface area contributed by atoms with Crippen LogP contribution in [0.2, 0.25) is 0 Å². The van der Waals surface area contributed by atoms with Gasteiger partial charge in [0.05, 0.1) is 13.7 Å². The van der Waals surface area contributed by atoms with Crippen LogP contribution in [0.1, 0.15) is 37.9 Å². The second kappa shape index (κ2) is 6.57. The summed E-state index contributed by atoms with van der Waals surface area (Å²) in [6.45, 7) is 3.39. The molecule has 1 amide bonds. The quantitative estimate of drug-likeness (QED) is 0.800. The van der Waals surface area contributed by atoms with E-state index in [1.807, 2.05) is 29.2 Å². The van der Waals surface area contributed by atoms with Crippen molar-refractivity contribution in [3.05, 3.63) is 29.8 Å². The molecule has 1 aliphatic rings. The zero-order valence-electron chi connectivity index (χ0n) is 11.7. The van der Waals surface area contributed by atoms with Gasteiger partial charge in [-0.05, 0) is 12.5 Å². The molecule has 1 aromatic carbocycles. The van der Waals surface area contributed by atoms with Gasteiger partial charge in [-0.2, -0.15) is 0 Å². The number of unbranched alkanes of at least 4 members (excludes halogenated alkanes) is 2. The summed E-state index contributed by atoms with van der Waals surface area (Å²) >= 11 is 0. The average Bonchev–Trinajstić information content (AvgIpc) is 2.80. The monoisotopic (exact) mass is 262 g/mol. The smallest absolute Gasteiger partial charge is 0.238 e. The third kappa shape index (κ3) is 3.07. The highest BCUT2D eigenvalue weighted by molar-refractivity contribution is 5.81. The van der Waals surface area contributed by atoms with Crippen molar-refractivity contribution >= 4 is 5.91 Å². The van der Waals surface area contributed by atoms with Gasteiger partial charge in [-0.1, -0.05) is 38.0 Å². The number of ether oxygens (including phenoxy) is 1. The fraction of sp³-hybridized carbons (Fsp3) is 0.533. The predicted octanol–water partition coefficient (Wildman–Crippen LogP) is 2.32. The molecule has 0 aliphatic carbocycles. The minimum absolute atomic E-state index is 0.0551. The van der Waals surface area contributed by atoms with E-state index in [4.69, 9.17) is 4.74 Å². The second-order valence-electron chi connectivity index (χ2n) is 4.82. The van der Waals surface area contributed by atoms with Gasteiger partial charge >= 0.3 is 0 Å². The number of benzene rings is 1. The van der Waals surface area contributed by atoms with Crippen molar-refractivity contribution < 1.29 is 9.53 Å². The predicted molar refractivity (Wildman–Crippen MR) is 75.0 cm³/mol. The summed E-state index contributed by atoms with van der Waals surface area (Å²) < 4.78 is 5.39. The lowest BCUT2D eigenvalue weighted by molar-refractivity contribution is -0.128. The number of methoxy groups -OCH3 is 1. The van der Waals surface area contributed by atoms with E-state index in [2.05, 4.69) is 12.2 Å². The molecule has 4 nitrogen and oxygen atoms in total. The minimum Gasteiger partial charge on any atom is -0.496 e. The van der Waals surface area contributed by atoms with Crippen molar-refractivity contribution in [1.82, 2.24) is 10.2 Å². The summed E-state index contributed by atoms with van der Waals surface area (Å²) in [5.41, 5.74) is 1.03. The molecule has 0 spiro atoms. The molecule has 0 bridgehead atoms. The van der Waals surface area contributed by atoms with E-state index >= 15 is 0 Å². The lowest BCUT2D eigenvalue weighted by atomic mass is 10.1. The van der Waals surface area contributed by atoms with Gasteiger partial charge in [0.25, 0.3) is 0 Å². The molecule has 1 N–H and O–H groups in total. The average molecular weight is 262 g/mol. The number of nitrogens with one attached hydrogen (secondary N) is 1. The molecule has 19 heavy (non-hydrogen) atoms. The maximum atomic E-state index is 12.0. The van der Waals surface area contributed by atoms with Crippen molar-refractivity contribution in [3.8, 4) is 5.75 Å². The highest BCUT2D eigenvalue weighted by atomic mass is 16.5. The van der Waals surface area contributed by atoms with Crippen molar-refractivity contribution in [3.63, 3.8) is 0 Å². The van der Waals surface area contributed by atoms with E-state index in [0.29, 0.717) is 6.54 Å². The van der Waals surface area contributed by atoms with Crippen molar-refractivity contribution in [2.45, 2.75) is 32.4 Å². The van der Waals surface area contributed by atoms with Crippen LogP contribution in [0.25, 0.3) is 0 Å². The second-order valence-corrected chi connectivity index (χ2v) is 4.82. The van der Waals surface area contributed by atoms with Gasteiger partial charge in [0.15, 0.2) is 0 Å². The number of para-hydroxylation sites is 1. The summed E-state index contributed by atoms with van der Waals surface area (Å²) in [5, 5.41) is 3.27. The number of amides is 1. The normalized spacial score (nSPS) is 18.9. The van der Waals surface area contributed by atoms with Gasteiger partial charge in [-0.15, -0.1) is 0 Å². The molecule has 2 rings (SSSR count). The first-order valence-electron chi connectivity index (χ1n) is 6.93. The van der Waals surface area contributed by atoms with Gasteiger partial charge in [-0.3, -0.25) is 10.1 Å². The summed E-state index contributed by atoms with van der Waals surface area (Å²) in [7, 11) is 1.66. The Morgan fingerprint density at radius 3 is 2.89 bits per heavy atom. The molecule has 1 aliphatic heterocycles. The largest absolute Gasteiger partial charge is 0.496 e. The molecule has 1 fully saturated rings. The Morgan fingerprint density at radius 1 is 1.37 bits per heavy atom. The third-order valence-corrected chi connectivity index (χ3v) is 3.51. The van der Waals surface area contributed by atoms with E-state index in [0.717, 1.165) is 37.1 Å². The molecular formula is C15H22N2O2. The molecule has 1 unspecified atom stereocenters. The summed E-state index contributed by atoms with van der Waals surface area (Å²) in [5.74, 6) is 1.00. The maximum Gasteiger partial charge on any atom is 0.238 e. The lowest BCUT2D eigenvalue weighted by Crippen LogP contribution is -2.31. The molecule has 1 atom stereocenters. The van der Waals surface area contributed by atoms with E-state index in [-0.39, 0.29) is 12.1 Å². The fourth-order valence-electron chi connectivity index (χ4n) is 2.50. The number of nitrogens with zero attached hydrogens (tertiary/aromatic N) is 1. The molecule has 104 valence electrons. The van der Waals surface area contributed by atoms with Crippen LogP contribution in [0, 0.1) is 0 Å². The molecule has 0 radical (unpaired) electrons. The van der Waals surface area contributed by atoms with Gasteiger partial charge in [0.2, 0.25) is 5.91 Å². The van der Waals surface area contributed by atoms with Gasteiger partial charge in [-0.25, -0.2) is 0 Å². The summed E-state index contributed by atoms with van der Waals surface area (Å²) in [6, 6.07) is 7.87. The zero-order chi connectivity index (χ0) is 13.7. The van der Waals surface area contributed by atoms with Crippen molar-refractivity contribution in [2.24, 2.45) is 0 Å². The van der Waals surface area contributed by atoms with E-state index in [9.17, 15) is 4.79 Å². The number of carbonyl (C=O) groups excluding carboxylic acids is 1. The first kappa shape index (κ1) is 13.9. The minimum atomic E-state index is -0.0551. The van der Waals surface area contributed by atoms with E-state index in [1.165, 1.54) is 0 Å². The number of carbonyl (C=O) groups is 1. The van der Waals surface area contributed by atoms with Crippen LogP contribution < -0.4 is 10.1 Å². The number of hydrogen-bond acceptors (Lipinski definition) is 3. The Kier molecular flexibility index (Phi) is 4.80. The highest BCUT2D eigenvalue weighted by Gasteiger charge is 2.32. The molecule has 4 heteroatoms. The van der Waals surface area contributed by atoms with Crippen molar-refractivity contribution in [2.75, 3.05) is 20.2 Å². The Balaban J connectivity index is 2.15. The van der Waals surface area contributed by atoms with Gasteiger partial charge in [0.1, 0.15) is 11.9 Å². The van der Waals surface area contributed by atoms with Crippen molar-refractivity contribution in [1.29, 1.82) is 0 Å². The molecule has 1 heterocycles. The summed E-state index contributed by atoms with van der Waals surface area (Å²) in [4.78, 5) is 13.9. The molecular weight excluding hydrogens is 240 g/mol. The third-order valence-electron chi connectivity index (χ3n) is 3.51. The topological polar surface area (TPSA) is 41.6 Å². The molecule has 0 aromatic heterocycles. The van der Waals surface area contributed by atoms with E-state index in [1.54, 1.807) is 7.11 Å². The Labute approximate surface area is 114 Å². The van der Waals surface area contributed by atoms with Crippen LogP contribution in [0.15, 0.2) is 24.3 Å². The SMILES string of the molecule is CCCCCN1C(=O)CNC1c1ccccc1OC. The van der Waals surface area contributed by atoms with Crippen LogP contribution in [0.5, 0.6) is 5.75 Å². The number of rotatable bonds is 6. The van der Waals surface area contributed by atoms with Crippen LogP contribution in [0.3, 0.4) is 0 Å². The fourth-order valence-corrected chi connectivity index (χ4v) is 2.50. The first-order valence-corrected chi connectivity index (χ1v) is 6.93. The first-order chi connectivity index (χ1) is 9.27. The van der Waals surface area contributed by atoms with Crippen LogP contribution in [0.4, 0.5) is 0 Å². The van der Waals surface area contributed by atoms with Crippen LogP contribution in [-0.2, 0) is 4.79 Å². The standard InChI is InChI=1S/C15H22N2O2/c1-3-4-7-10-17-14(18)11-16-15(17)12-8-5-6-9-13(12)19-2/h5-6,8-9,15-16H,3-4,7,10-11H2,1-2H3. The highest BCUT2D eigenvalue weighted by Crippen LogP contribution is 2.30. The number of hydrogen-bond donors (Lipinski definition) is 1. The van der Waals surface area contributed by atoms with E-state index < -0.39 is 0 Å². The zero-order valence-corrected chi connectivity index (χ0v) is 11.7. The Morgan fingerprint density at radius 2 is 2.16 bits per heavy atom. The lowest BCUT2D eigenvalue weighted by Gasteiger charge is -2.25. The molecule has 1 aromatic rings.